The molecule has 1 aliphatic heterocycles. The molecule has 0 aliphatic carbocycles. The summed E-state index contributed by atoms with van der Waals surface area (Å²) in [7, 11) is 0. The quantitative estimate of drug-likeness (QED) is 0.902. The van der Waals surface area contributed by atoms with Gasteiger partial charge in [-0.05, 0) is 19.1 Å². The zero-order valence-corrected chi connectivity index (χ0v) is 13.4. The molecule has 3 rings (SSSR count). The lowest BCUT2D eigenvalue weighted by Gasteiger charge is -2.26. The summed E-state index contributed by atoms with van der Waals surface area (Å²) in [5, 5.41) is 15.1. The van der Waals surface area contributed by atoms with Crippen LogP contribution in [0.1, 0.15) is 29.3 Å². The third-order valence-corrected chi connectivity index (χ3v) is 3.89. The van der Waals surface area contributed by atoms with Crippen LogP contribution in [0.5, 0.6) is 5.75 Å². The van der Waals surface area contributed by atoms with E-state index in [2.05, 4.69) is 21.7 Å². The molecule has 6 heteroatoms. The van der Waals surface area contributed by atoms with Crippen molar-refractivity contribution >= 4 is 11.6 Å². The Bertz CT molecular complexity index is 798. The van der Waals surface area contributed by atoms with Gasteiger partial charge in [-0.3, -0.25) is 9.78 Å². The van der Waals surface area contributed by atoms with Crippen molar-refractivity contribution in [1.82, 2.24) is 10.3 Å². The number of aryl methyl sites for hydroxylation is 1. The first-order chi connectivity index (χ1) is 11.7. The summed E-state index contributed by atoms with van der Waals surface area (Å²) in [4.78, 5) is 16.3. The number of fused-ring (bicyclic) bond motifs is 1. The molecule has 2 aromatic rings. The van der Waals surface area contributed by atoms with Crippen LogP contribution in [0.3, 0.4) is 0 Å². The number of hydrogen-bond donors (Lipinski definition) is 2. The fraction of sp³-hybridized carbons (Fsp3) is 0.278. The van der Waals surface area contributed by atoms with Gasteiger partial charge in [0.15, 0.2) is 0 Å². The number of nitrogens with zero attached hydrogens (tertiary/aromatic N) is 2. The van der Waals surface area contributed by atoms with Gasteiger partial charge in [0.25, 0.3) is 0 Å². The summed E-state index contributed by atoms with van der Waals surface area (Å²) < 4.78 is 5.60. The predicted octanol–water partition coefficient (Wildman–Crippen LogP) is 2.31. The van der Waals surface area contributed by atoms with Crippen molar-refractivity contribution in [3.63, 3.8) is 0 Å². The molecule has 1 atom stereocenters. The van der Waals surface area contributed by atoms with Crippen LogP contribution in [-0.2, 0) is 4.79 Å². The maximum atomic E-state index is 12.3. The van der Waals surface area contributed by atoms with Crippen molar-refractivity contribution in [2.75, 3.05) is 18.5 Å². The number of rotatable bonds is 4. The normalized spacial score (nSPS) is 15.6. The molecule has 2 N–H and O–H groups in total. The van der Waals surface area contributed by atoms with Crippen LogP contribution in [0.25, 0.3) is 0 Å². The molecule has 0 bridgehead atoms. The number of carbonyl (C=O) groups is 1. The highest BCUT2D eigenvalue weighted by Gasteiger charge is 2.22. The molecule has 0 fully saturated rings. The van der Waals surface area contributed by atoms with Crippen LogP contribution in [0, 0.1) is 18.3 Å². The highest BCUT2D eigenvalue weighted by atomic mass is 16.5. The smallest absolute Gasteiger partial charge is 0.239 e. The largest absolute Gasteiger partial charge is 0.493 e. The first kappa shape index (κ1) is 15.8. The Morgan fingerprint density at radius 1 is 1.46 bits per heavy atom. The van der Waals surface area contributed by atoms with E-state index in [4.69, 9.17) is 10.00 Å². The molecule has 122 valence electrons. The first-order valence-corrected chi connectivity index (χ1v) is 7.79. The molecule has 0 unspecified atom stereocenters. The van der Waals surface area contributed by atoms with Crippen molar-refractivity contribution in [2.24, 2.45) is 0 Å². The van der Waals surface area contributed by atoms with Gasteiger partial charge in [-0.15, -0.1) is 0 Å². The number of amides is 1. The Morgan fingerprint density at radius 3 is 3.12 bits per heavy atom. The van der Waals surface area contributed by atoms with Crippen LogP contribution < -0.4 is 15.4 Å². The number of benzene rings is 1. The SMILES string of the molecule is Cc1cc(NCC(=O)N[C@H]2CCOc3ccccc32)c(C#N)cn1. The van der Waals surface area contributed by atoms with Crippen LogP contribution >= 0.6 is 0 Å². The van der Waals surface area contributed by atoms with Crippen molar-refractivity contribution in [2.45, 2.75) is 19.4 Å². The maximum Gasteiger partial charge on any atom is 0.239 e. The summed E-state index contributed by atoms with van der Waals surface area (Å²) in [6, 6.07) is 11.5. The number of pyridine rings is 1. The second-order valence-corrected chi connectivity index (χ2v) is 5.63. The van der Waals surface area contributed by atoms with Crippen molar-refractivity contribution in [1.29, 1.82) is 5.26 Å². The Hall–Kier alpha value is -3.07. The molecule has 0 saturated carbocycles. The fourth-order valence-corrected chi connectivity index (χ4v) is 2.71. The van der Waals surface area contributed by atoms with E-state index < -0.39 is 0 Å². The lowest BCUT2D eigenvalue weighted by atomic mass is 10.0. The van der Waals surface area contributed by atoms with Gasteiger partial charge in [-0.1, -0.05) is 18.2 Å². The average Bonchev–Trinajstić information content (AvgIpc) is 2.60. The van der Waals surface area contributed by atoms with Crippen molar-refractivity contribution in [3.05, 3.63) is 53.3 Å². The molecule has 1 aromatic carbocycles. The van der Waals surface area contributed by atoms with E-state index >= 15 is 0 Å². The van der Waals surface area contributed by atoms with Gasteiger partial charge in [0.05, 0.1) is 30.4 Å². The van der Waals surface area contributed by atoms with Crippen molar-refractivity contribution < 1.29 is 9.53 Å². The molecule has 24 heavy (non-hydrogen) atoms. The van der Waals surface area contributed by atoms with E-state index in [1.807, 2.05) is 31.2 Å². The zero-order valence-electron chi connectivity index (χ0n) is 13.4. The Kier molecular flexibility index (Phi) is 4.62. The minimum Gasteiger partial charge on any atom is -0.493 e. The van der Waals surface area contributed by atoms with E-state index in [0.29, 0.717) is 17.9 Å². The van der Waals surface area contributed by atoms with Crippen LogP contribution in [0.2, 0.25) is 0 Å². The number of aromatic nitrogens is 1. The third-order valence-electron chi connectivity index (χ3n) is 3.89. The zero-order chi connectivity index (χ0) is 16.9. The Labute approximate surface area is 140 Å². The molecular weight excluding hydrogens is 304 g/mol. The number of anilines is 1. The predicted molar refractivity (Wildman–Crippen MR) is 89.6 cm³/mol. The summed E-state index contributed by atoms with van der Waals surface area (Å²) in [6.45, 7) is 2.51. The van der Waals surface area contributed by atoms with Crippen molar-refractivity contribution in [3.8, 4) is 11.8 Å². The Morgan fingerprint density at radius 2 is 2.29 bits per heavy atom. The first-order valence-electron chi connectivity index (χ1n) is 7.79. The molecule has 1 amide bonds. The monoisotopic (exact) mass is 322 g/mol. The summed E-state index contributed by atoms with van der Waals surface area (Å²) in [6.07, 6.45) is 2.24. The van der Waals surface area contributed by atoms with E-state index in [-0.39, 0.29) is 18.5 Å². The standard InChI is InChI=1S/C18H18N4O2/c1-12-8-16(13(9-19)10-20-12)21-11-18(23)22-15-6-7-24-17-5-3-2-4-14(15)17/h2-5,8,10,15H,6-7,11H2,1H3,(H,20,21)(H,22,23)/t15-/m0/s1. The Balaban J connectivity index is 1.63. The molecule has 0 spiro atoms. The minimum absolute atomic E-state index is 0.0566. The minimum atomic E-state index is -0.130. The number of carbonyl (C=O) groups excluding carboxylic acids is 1. The lowest BCUT2D eigenvalue weighted by molar-refractivity contribution is -0.120. The number of hydrogen-bond acceptors (Lipinski definition) is 5. The van der Waals surface area contributed by atoms with Gasteiger partial charge in [-0.2, -0.15) is 5.26 Å². The fourth-order valence-electron chi connectivity index (χ4n) is 2.71. The highest BCUT2D eigenvalue weighted by Crippen LogP contribution is 2.31. The van der Waals surface area contributed by atoms with Crippen LogP contribution in [0.15, 0.2) is 36.5 Å². The second kappa shape index (κ2) is 7.01. The second-order valence-electron chi connectivity index (χ2n) is 5.63. The molecular formula is C18H18N4O2. The topological polar surface area (TPSA) is 87.0 Å². The van der Waals surface area contributed by atoms with Gasteiger partial charge in [0, 0.05) is 23.9 Å². The van der Waals surface area contributed by atoms with E-state index in [1.165, 1.54) is 6.20 Å². The molecule has 6 nitrogen and oxygen atoms in total. The average molecular weight is 322 g/mol. The molecule has 2 heterocycles. The van der Waals surface area contributed by atoms with Gasteiger partial charge >= 0.3 is 0 Å². The molecule has 0 radical (unpaired) electrons. The number of para-hydroxylation sites is 1. The number of nitrogens with one attached hydrogen (secondary N) is 2. The van der Waals surface area contributed by atoms with Crippen LogP contribution in [0.4, 0.5) is 5.69 Å². The molecule has 1 aromatic heterocycles. The van der Waals surface area contributed by atoms with E-state index in [9.17, 15) is 4.79 Å². The van der Waals surface area contributed by atoms with Gasteiger partial charge in [0.1, 0.15) is 11.8 Å². The molecule has 1 aliphatic rings. The van der Waals surface area contributed by atoms with E-state index in [1.54, 1.807) is 6.07 Å². The summed E-state index contributed by atoms with van der Waals surface area (Å²) in [5.74, 6) is 0.689. The number of nitriles is 1. The third kappa shape index (κ3) is 3.46. The van der Waals surface area contributed by atoms with E-state index in [0.717, 1.165) is 23.4 Å². The van der Waals surface area contributed by atoms with Crippen LogP contribution in [-0.4, -0.2) is 24.0 Å². The molecule has 0 saturated heterocycles. The number of ether oxygens (including phenoxy) is 1. The highest BCUT2D eigenvalue weighted by molar-refractivity contribution is 5.81. The summed E-state index contributed by atoms with van der Waals surface area (Å²) >= 11 is 0. The van der Waals surface area contributed by atoms with Gasteiger partial charge in [0.2, 0.25) is 5.91 Å². The van der Waals surface area contributed by atoms with Gasteiger partial charge in [-0.25, -0.2) is 0 Å². The maximum absolute atomic E-state index is 12.3. The van der Waals surface area contributed by atoms with Gasteiger partial charge < -0.3 is 15.4 Å². The lowest BCUT2D eigenvalue weighted by Crippen LogP contribution is -2.35. The summed E-state index contributed by atoms with van der Waals surface area (Å²) in [5.41, 5.74) is 2.82.